The minimum atomic E-state index is -4.40. The number of carbonyl (C=O) groups is 1. The average Bonchev–Trinajstić information content (AvgIpc) is 2.71. The van der Waals surface area contributed by atoms with E-state index in [0.29, 0.717) is 17.3 Å². The Kier molecular flexibility index (Phi) is 4.03. The molecule has 0 bridgehead atoms. The summed E-state index contributed by atoms with van der Waals surface area (Å²) < 4.78 is 39.0. The van der Waals surface area contributed by atoms with Gasteiger partial charge in [0.05, 0.1) is 5.56 Å². The predicted molar refractivity (Wildman–Crippen MR) is 68.8 cm³/mol. The molecule has 19 heavy (non-hydrogen) atoms. The van der Waals surface area contributed by atoms with Crippen molar-refractivity contribution in [1.82, 2.24) is 5.32 Å². The van der Waals surface area contributed by atoms with Crippen LogP contribution in [0.2, 0.25) is 0 Å². The maximum Gasteiger partial charge on any atom is 0.418 e. The van der Waals surface area contributed by atoms with Gasteiger partial charge in [-0.3, -0.25) is 4.79 Å². The van der Waals surface area contributed by atoms with Crippen LogP contribution in [0.1, 0.15) is 18.4 Å². The van der Waals surface area contributed by atoms with Crippen LogP contribution >= 0.6 is 15.9 Å². The number of hydrogen-bond donors (Lipinski definition) is 2. The fourth-order valence-corrected chi connectivity index (χ4v) is 2.33. The first-order valence-corrected chi connectivity index (χ1v) is 6.55. The zero-order valence-electron chi connectivity index (χ0n) is 9.85. The second-order valence-corrected chi connectivity index (χ2v) is 5.29. The van der Waals surface area contributed by atoms with Crippen LogP contribution < -0.4 is 10.6 Å². The molecule has 1 heterocycles. The van der Waals surface area contributed by atoms with Crippen LogP contribution in [0, 0.1) is 0 Å². The third kappa shape index (κ3) is 3.62. The molecule has 104 valence electrons. The largest absolute Gasteiger partial charge is 0.418 e. The number of benzene rings is 1. The first-order chi connectivity index (χ1) is 8.86. The number of halogens is 4. The van der Waals surface area contributed by atoms with Crippen LogP contribution in [0.5, 0.6) is 0 Å². The van der Waals surface area contributed by atoms with Crippen LogP contribution in [-0.2, 0) is 11.0 Å². The van der Waals surface area contributed by atoms with E-state index in [-0.39, 0.29) is 24.2 Å². The lowest BCUT2D eigenvalue weighted by Gasteiger charge is -2.17. The second-order valence-electron chi connectivity index (χ2n) is 4.37. The Morgan fingerprint density at radius 1 is 1.42 bits per heavy atom. The van der Waals surface area contributed by atoms with Crippen molar-refractivity contribution in [2.75, 3.05) is 11.9 Å². The Morgan fingerprint density at radius 2 is 2.16 bits per heavy atom. The van der Waals surface area contributed by atoms with Crippen molar-refractivity contribution < 1.29 is 18.0 Å². The van der Waals surface area contributed by atoms with Gasteiger partial charge in [-0.1, -0.05) is 15.9 Å². The van der Waals surface area contributed by atoms with Gasteiger partial charge in [-0.05, 0) is 24.6 Å². The molecule has 1 amide bonds. The number of alkyl halides is 3. The molecule has 1 saturated heterocycles. The van der Waals surface area contributed by atoms with E-state index in [2.05, 4.69) is 26.6 Å². The van der Waals surface area contributed by atoms with E-state index in [0.717, 1.165) is 6.07 Å². The molecule has 7 heteroatoms. The fourth-order valence-electron chi connectivity index (χ4n) is 1.97. The fraction of sp³-hybridized carbons (Fsp3) is 0.417. The van der Waals surface area contributed by atoms with E-state index < -0.39 is 11.7 Å². The Hall–Kier alpha value is -1.24. The predicted octanol–water partition coefficient (Wildman–Crippen LogP) is 3.16. The summed E-state index contributed by atoms with van der Waals surface area (Å²) in [6, 6.07) is 3.65. The number of rotatable bonds is 3. The molecule has 1 fully saturated rings. The summed E-state index contributed by atoms with van der Waals surface area (Å²) in [5, 5.41) is 5.46. The van der Waals surface area contributed by atoms with Gasteiger partial charge in [0.15, 0.2) is 0 Å². The highest BCUT2D eigenvalue weighted by Crippen LogP contribution is 2.36. The first kappa shape index (κ1) is 14.2. The zero-order chi connectivity index (χ0) is 14.0. The van der Waals surface area contributed by atoms with Crippen molar-refractivity contribution in [3.8, 4) is 0 Å². The highest BCUT2D eigenvalue weighted by molar-refractivity contribution is 9.10. The van der Waals surface area contributed by atoms with Gasteiger partial charge in [0, 0.05) is 29.2 Å². The summed E-state index contributed by atoms with van der Waals surface area (Å²) in [6.07, 6.45) is -3.33. The third-order valence-electron chi connectivity index (χ3n) is 2.91. The molecule has 1 atom stereocenters. The molecule has 0 spiro atoms. The highest BCUT2D eigenvalue weighted by Gasteiger charge is 2.33. The summed E-state index contributed by atoms with van der Waals surface area (Å²) in [6.45, 7) is 0.283. The van der Waals surface area contributed by atoms with E-state index in [1.807, 2.05) is 0 Å². The molecule has 0 aliphatic carbocycles. The van der Waals surface area contributed by atoms with Crippen molar-refractivity contribution in [3.05, 3.63) is 28.2 Å². The van der Waals surface area contributed by atoms with Crippen LogP contribution in [0.4, 0.5) is 18.9 Å². The van der Waals surface area contributed by atoms with Crippen LogP contribution in [0.25, 0.3) is 0 Å². The molecular weight excluding hydrogens is 325 g/mol. The number of anilines is 1. The molecule has 2 rings (SSSR count). The van der Waals surface area contributed by atoms with Gasteiger partial charge < -0.3 is 10.6 Å². The van der Waals surface area contributed by atoms with Crippen molar-refractivity contribution in [1.29, 1.82) is 0 Å². The number of amides is 1. The highest BCUT2D eigenvalue weighted by atomic mass is 79.9. The van der Waals surface area contributed by atoms with Crippen molar-refractivity contribution in [2.45, 2.75) is 25.1 Å². The van der Waals surface area contributed by atoms with Gasteiger partial charge in [0.2, 0.25) is 5.91 Å². The molecule has 1 aliphatic heterocycles. The normalized spacial score (nSPS) is 19.4. The van der Waals surface area contributed by atoms with E-state index >= 15 is 0 Å². The molecule has 0 saturated carbocycles. The molecule has 2 N–H and O–H groups in total. The summed E-state index contributed by atoms with van der Waals surface area (Å²) in [4.78, 5) is 11.0. The van der Waals surface area contributed by atoms with Gasteiger partial charge in [0.25, 0.3) is 0 Å². The van der Waals surface area contributed by atoms with Crippen LogP contribution in [0.3, 0.4) is 0 Å². The van der Waals surface area contributed by atoms with Crippen LogP contribution in [0.15, 0.2) is 22.7 Å². The van der Waals surface area contributed by atoms with Gasteiger partial charge in [-0.15, -0.1) is 0 Å². The lowest BCUT2D eigenvalue weighted by atomic mass is 10.1. The maximum absolute atomic E-state index is 12.8. The second kappa shape index (κ2) is 5.40. The number of nitrogens with one attached hydrogen (secondary N) is 2. The van der Waals surface area contributed by atoms with Gasteiger partial charge in [-0.2, -0.15) is 13.2 Å². The summed E-state index contributed by atoms with van der Waals surface area (Å²) in [7, 11) is 0. The maximum atomic E-state index is 12.8. The summed E-state index contributed by atoms with van der Waals surface area (Å²) in [5.74, 6) is -0.0583. The van der Waals surface area contributed by atoms with Crippen LogP contribution in [-0.4, -0.2) is 18.5 Å². The molecule has 1 aromatic rings. The monoisotopic (exact) mass is 336 g/mol. The SMILES string of the molecule is O=C1CCC(CNc2cc(Br)ccc2C(F)(F)F)N1. The molecular formula is C12H12BrF3N2O. The molecule has 3 nitrogen and oxygen atoms in total. The molecule has 1 unspecified atom stereocenters. The number of hydrogen-bond acceptors (Lipinski definition) is 2. The van der Waals surface area contributed by atoms with Gasteiger partial charge in [0.1, 0.15) is 0 Å². The van der Waals surface area contributed by atoms with Gasteiger partial charge in [-0.25, -0.2) is 0 Å². The Labute approximate surface area is 116 Å². The smallest absolute Gasteiger partial charge is 0.382 e. The van der Waals surface area contributed by atoms with E-state index in [1.165, 1.54) is 12.1 Å². The van der Waals surface area contributed by atoms with Gasteiger partial charge >= 0.3 is 6.18 Å². The minimum Gasteiger partial charge on any atom is -0.382 e. The first-order valence-electron chi connectivity index (χ1n) is 5.76. The Bertz CT molecular complexity index is 490. The summed E-state index contributed by atoms with van der Waals surface area (Å²) in [5.41, 5.74) is -0.692. The van der Waals surface area contributed by atoms with E-state index in [4.69, 9.17) is 0 Å². The topological polar surface area (TPSA) is 41.1 Å². The Morgan fingerprint density at radius 3 is 2.74 bits per heavy atom. The minimum absolute atomic E-state index is 0.0167. The molecule has 0 radical (unpaired) electrons. The molecule has 1 aromatic carbocycles. The molecule has 0 aromatic heterocycles. The van der Waals surface area contributed by atoms with E-state index in [9.17, 15) is 18.0 Å². The number of carbonyl (C=O) groups excluding carboxylic acids is 1. The standard InChI is InChI=1S/C12H12BrF3N2O/c13-7-1-3-9(12(14,15)16)10(5-7)17-6-8-2-4-11(19)18-8/h1,3,5,8,17H,2,4,6H2,(H,18,19). The lowest BCUT2D eigenvalue weighted by molar-refractivity contribution is -0.137. The Balaban J connectivity index is 2.10. The third-order valence-corrected chi connectivity index (χ3v) is 3.40. The average molecular weight is 337 g/mol. The van der Waals surface area contributed by atoms with E-state index in [1.54, 1.807) is 0 Å². The van der Waals surface area contributed by atoms with Crippen molar-refractivity contribution in [3.63, 3.8) is 0 Å². The van der Waals surface area contributed by atoms with Crippen molar-refractivity contribution in [2.24, 2.45) is 0 Å². The zero-order valence-corrected chi connectivity index (χ0v) is 11.4. The quantitative estimate of drug-likeness (QED) is 0.890. The van der Waals surface area contributed by atoms with Crippen molar-refractivity contribution >= 4 is 27.5 Å². The molecule has 1 aliphatic rings. The lowest BCUT2D eigenvalue weighted by Crippen LogP contribution is -2.32. The summed E-state index contributed by atoms with van der Waals surface area (Å²) >= 11 is 3.15.